The molecule has 1 fully saturated rings. The van der Waals surface area contributed by atoms with Gasteiger partial charge in [-0.15, -0.1) is 0 Å². The van der Waals surface area contributed by atoms with Crippen molar-refractivity contribution < 1.29 is 14.4 Å². The third kappa shape index (κ3) is 5.53. The maximum absolute atomic E-state index is 12.0. The quantitative estimate of drug-likeness (QED) is 0.477. The first-order chi connectivity index (χ1) is 16.0. The minimum Gasteiger partial charge on any atom is -0.369 e. The summed E-state index contributed by atoms with van der Waals surface area (Å²) in [4.78, 5) is 48.1. The van der Waals surface area contributed by atoms with Crippen molar-refractivity contribution in [3.8, 4) is 0 Å². The number of primary amides is 2. The van der Waals surface area contributed by atoms with Crippen molar-refractivity contribution >= 4 is 35.2 Å². The van der Waals surface area contributed by atoms with Gasteiger partial charge in [0.15, 0.2) is 11.5 Å². The molecule has 1 aliphatic heterocycles. The molecule has 6 N–H and O–H groups in total. The van der Waals surface area contributed by atoms with E-state index in [-0.39, 0.29) is 23.6 Å². The van der Waals surface area contributed by atoms with Gasteiger partial charge in [0.2, 0.25) is 5.91 Å². The summed E-state index contributed by atoms with van der Waals surface area (Å²) in [6.45, 7) is 4.82. The second kappa shape index (κ2) is 9.94. The molecule has 0 spiro atoms. The Bertz CT molecular complexity index is 1070. The number of amides is 4. The maximum Gasteiger partial charge on any atom is 0.317 e. The van der Waals surface area contributed by atoms with Crippen molar-refractivity contribution in [2.45, 2.75) is 38.1 Å². The normalized spacial score (nSPS) is 16.0. The zero-order valence-electron chi connectivity index (χ0n) is 20.0. The first-order valence-corrected chi connectivity index (χ1v) is 11.1. The van der Waals surface area contributed by atoms with E-state index in [4.69, 9.17) is 11.5 Å². The Morgan fingerprint density at radius 1 is 1.15 bits per heavy atom. The van der Waals surface area contributed by atoms with E-state index < -0.39 is 17.2 Å². The average Bonchev–Trinajstić information content (AvgIpc) is 2.79. The van der Waals surface area contributed by atoms with Crippen LogP contribution >= 0.6 is 0 Å². The highest BCUT2D eigenvalue weighted by Gasteiger charge is 2.27. The molecule has 0 saturated carbocycles. The minimum absolute atomic E-state index is 0.0137. The summed E-state index contributed by atoms with van der Waals surface area (Å²) < 4.78 is 0. The van der Waals surface area contributed by atoms with E-state index in [1.54, 1.807) is 52.2 Å². The molecule has 1 aliphatic rings. The van der Waals surface area contributed by atoms with Crippen LogP contribution in [0, 0.1) is 0 Å². The first-order valence-electron chi connectivity index (χ1n) is 11.1. The van der Waals surface area contributed by atoms with Gasteiger partial charge in [0.25, 0.3) is 5.91 Å². The SMILES string of the molecule is CN(C)C(=O)NC1CCCN(c2cnc(C(N)=O)c(Nc3ccc(C(C)(C)C(N)=O)cc3)n2)C1. The fraction of sp³-hybridized carbons (Fsp3) is 0.435. The van der Waals surface area contributed by atoms with Crippen LogP contribution in [0.2, 0.25) is 0 Å². The molecule has 0 radical (unpaired) electrons. The molecule has 3 rings (SSSR count). The number of urea groups is 1. The van der Waals surface area contributed by atoms with E-state index in [0.29, 0.717) is 18.1 Å². The van der Waals surface area contributed by atoms with Crippen LogP contribution in [0.15, 0.2) is 30.5 Å². The van der Waals surface area contributed by atoms with Crippen molar-refractivity contribution in [1.82, 2.24) is 20.2 Å². The Balaban J connectivity index is 1.82. The van der Waals surface area contributed by atoms with Crippen LogP contribution in [0.3, 0.4) is 0 Å². The maximum atomic E-state index is 12.0. The van der Waals surface area contributed by atoms with Gasteiger partial charge < -0.3 is 31.9 Å². The van der Waals surface area contributed by atoms with Crippen LogP contribution < -0.4 is 27.0 Å². The van der Waals surface area contributed by atoms with Crippen LogP contribution in [-0.2, 0) is 10.2 Å². The standard InChI is InChI=1S/C23H32N8O3/c1-23(2,21(25)33)14-7-9-15(10-8-14)27-20-18(19(24)32)26-12-17(29-20)31-11-5-6-16(13-31)28-22(34)30(3)4/h7-10,12,16H,5-6,11,13H2,1-4H3,(H2,24,32)(H2,25,33)(H,27,29)(H,28,34). The molecule has 1 atom stereocenters. The molecule has 2 aromatic rings. The summed E-state index contributed by atoms with van der Waals surface area (Å²) in [6, 6.07) is 6.94. The Morgan fingerprint density at radius 2 is 1.82 bits per heavy atom. The number of hydrogen-bond acceptors (Lipinski definition) is 7. The van der Waals surface area contributed by atoms with Gasteiger partial charge >= 0.3 is 6.03 Å². The number of hydrogen-bond donors (Lipinski definition) is 4. The van der Waals surface area contributed by atoms with Gasteiger partial charge in [-0.25, -0.2) is 14.8 Å². The van der Waals surface area contributed by atoms with Crippen LogP contribution in [0.1, 0.15) is 42.7 Å². The molecule has 0 aliphatic carbocycles. The predicted molar refractivity (Wildman–Crippen MR) is 130 cm³/mol. The smallest absolute Gasteiger partial charge is 0.317 e. The summed E-state index contributed by atoms with van der Waals surface area (Å²) in [5.74, 6) is -0.332. The Hall–Kier alpha value is -3.89. The number of carbonyl (C=O) groups is 3. The summed E-state index contributed by atoms with van der Waals surface area (Å²) in [5.41, 5.74) is 11.6. The van der Waals surface area contributed by atoms with Gasteiger partial charge in [0.05, 0.1) is 11.6 Å². The highest BCUT2D eigenvalue weighted by atomic mass is 16.2. The van der Waals surface area contributed by atoms with E-state index in [9.17, 15) is 14.4 Å². The number of nitrogens with zero attached hydrogens (tertiary/aromatic N) is 4. The molecule has 34 heavy (non-hydrogen) atoms. The van der Waals surface area contributed by atoms with Gasteiger partial charge in [-0.3, -0.25) is 9.59 Å². The van der Waals surface area contributed by atoms with Crippen LogP contribution in [0.4, 0.5) is 22.1 Å². The molecule has 11 heteroatoms. The van der Waals surface area contributed by atoms with E-state index >= 15 is 0 Å². The number of aromatic nitrogens is 2. The first kappa shape index (κ1) is 24.7. The lowest BCUT2D eigenvalue weighted by atomic mass is 9.84. The Labute approximate surface area is 198 Å². The van der Waals surface area contributed by atoms with Gasteiger partial charge in [-0.2, -0.15) is 0 Å². The summed E-state index contributed by atoms with van der Waals surface area (Å²) in [5, 5.41) is 6.11. The van der Waals surface area contributed by atoms with E-state index in [1.165, 1.54) is 11.1 Å². The highest BCUT2D eigenvalue weighted by molar-refractivity contribution is 5.96. The summed E-state index contributed by atoms with van der Waals surface area (Å²) in [6.07, 6.45) is 3.25. The van der Waals surface area contributed by atoms with Crippen molar-refractivity contribution in [3.63, 3.8) is 0 Å². The fourth-order valence-electron chi connectivity index (χ4n) is 3.66. The molecular formula is C23H32N8O3. The van der Waals surface area contributed by atoms with Gasteiger partial charge in [0, 0.05) is 38.9 Å². The molecule has 1 aromatic heterocycles. The van der Waals surface area contributed by atoms with E-state index in [2.05, 4.69) is 20.6 Å². The Morgan fingerprint density at radius 3 is 2.41 bits per heavy atom. The average molecular weight is 469 g/mol. The number of carbonyl (C=O) groups excluding carboxylic acids is 3. The number of rotatable bonds is 7. The zero-order chi connectivity index (χ0) is 25.0. The molecule has 1 unspecified atom stereocenters. The lowest BCUT2D eigenvalue weighted by molar-refractivity contribution is -0.122. The van der Waals surface area contributed by atoms with Crippen molar-refractivity contribution in [2.24, 2.45) is 11.5 Å². The van der Waals surface area contributed by atoms with Crippen molar-refractivity contribution in [3.05, 3.63) is 41.7 Å². The van der Waals surface area contributed by atoms with Crippen LogP contribution in [0.5, 0.6) is 0 Å². The molecule has 11 nitrogen and oxygen atoms in total. The van der Waals surface area contributed by atoms with E-state index in [1.807, 2.05) is 4.90 Å². The second-order valence-electron chi connectivity index (χ2n) is 9.11. The number of piperidine rings is 1. The molecule has 4 amide bonds. The summed E-state index contributed by atoms with van der Waals surface area (Å²) >= 11 is 0. The van der Waals surface area contributed by atoms with Gasteiger partial charge in [-0.1, -0.05) is 12.1 Å². The Kier molecular flexibility index (Phi) is 7.23. The second-order valence-corrected chi connectivity index (χ2v) is 9.11. The van der Waals surface area contributed by atoms with Crippen molar-refractivity contribution in [1.29, 1.82) is 0 Å². The number of anilines is 3. The number of benzene rings is 1. The highest BCUT2D eigenvalue weighted by Crippen LogP contribution is 2.27. The van der Waals surface area contributed by atoms with Gasteiger partial charge in [-0.05, 0) is 44.4 Å². The molecule has 2 heterocycles. The fourth-order valence-corrected chi connectivity index (χ4v) is 3.66. The molecule has 182 valence electrons. The molecule has 1 aromatic carbocycles. The van der Waals surface area contributed by atoms with Gasteiger partial charge in [0.1, 0.15) is 5.82 Å². The minimum atomic E-state index is -0.816. The third-order valence-electron chi connectivity index (χ3n) is 5.96. The zero-order valence-corrected chi connectivity index (χ0v) is 20.0. The van der Waals surface area contributed by atoms with Crippen LogP contribution in [0.25, 0.3) is 0 Å². The largest absolute Gasteiger partial charge is 0.369 e. The predicted octanol–water partition coefficient (Wildman–Crippen LogP) is 1.32. The summed E-state index contributed by atoms with van der Waals surface area (Å²) in [7, 11) is 3.40. The lowest BCUT2D eigenvalue weighted by Crippen LogP contribution is -2.50. The molecule has 0 bridgehead atoms. The third-order valence-corrected chi connectivity index (χ3v) is 5.96. The monoisotopic (exact) mass is 468 g/mol. The van der Waals surface area contributed by atoms with Crippen molar-refractivity contribution in [2.75, 3.05) is 37.4 Å². The number of nitrogens with one attached hydrogen (secondary N) is 2. The molecule has 1 saturated heterocycles. The topological polar surface area (TPSA) is 160 Å². The molecular weight excluding hydrogens is 436 g/mol. The lowest BCUT2D eigenvalue weighted by Gasteiger charge is -2.34. The van der Waals surface area contributed by atoms with E-state index in [0.717, 1.165) is 24.9 Å². The number of nitrogens with two attached hydrogens (primary N) is 2. The van der Waals surface area contributed by atoms with Crippen LogP contribution in [-0.4, -0.2) is 65.9 Å².